The number of amides is 1. The number of piperidine rings is 1. The second-order valence-corrected chi connectivity index (χ2v) is 6.88. The molecule has 0 atom stereocenters. The van der Waals surface area contributed by atoms with Crippen molar-refractivity contribution < 1.29 is 14.8 Å². The van der Waals surface area contributed by atoms with Gasteiger partial charge in [-0.05, 0) is 31.2 Å². The Morgan fingerprint density at radius 1 is 1.32 bits per heavy atom. The summed E-state index contributed by atoms with van der Waals surface area (Å²) in [6.07, 6.45) is 4.76. The summed E-state index contributed by atoms with van der Waals surface area (Å²) in [7, 11) is 0. The first-order valence-electron chi connectivity index (χ1n) is 9.11. The first kappa shape index (κ1) is 16.1. The summed E-state index contributed by atoms with van der Waals surface area (Å²) in [5.74, 6) is 0.912. The van der Waals surface area contributed by atoms with E-state index in [0.717, 1.165) is 50.2 Å². The molecule has 1 aromatic heterocycles. The number of aromatic amines is 1. The van der Waals surface area contributed by atoms with Gasteiger partial charge in [0.1, 0.15) is 17.0 Å². The van der Waals surface area contributed by atoms with E-state index in [1.165, 1.54) is 11.4 Å². The van der Waals surface area contributed by atoms with Crippen LogP contribution >= 0.6 is 0 Å². The molecule has 1 fully saturated rings. The molecule has 132 valence electrons. The third kappa shape index (κ3) is 2.91. The van der Waals surface area contributed by atoms with Gasteiger partial charge in [-0.1, -0.05) is 0 Å². The molecule has 2 aromatic rings. The fourth-order valence-corrected chi connectivity index (χ4v) is 4.12. The lowest BCUT2D eigenvalue weighted by Crippen LogP contribution is -2.97. The zero-order chi connectivity index (χ0) is 17.3. The number of aromatic nitrogens is 2. The highest BCUT2D eigenvalue weighted by Gasteiger charge is 2.45. The molecule has 0 bridgehead atoms. The number of nitrogens with zero attached hydrogens (tertiary/aromatic N) is 2. The standard InChI is InChI=1S/C19H24N4O2/c1-2-25-15-5-3-14(4-6-15)18(24)23-11-8-19(9-12-23)17-16(7-10-22-19)20-13-21-17/h3-6,13,22H,2,7-12H2,1H3,(H,20,21)/p+1. The van der Waals surface area contributed by atoms with Crippen LogP contribution in [0.5, 0.6) is 5.75 Å². The van der Waals surface area contributed by atoms with Crippen LogP contribution in [0.3, 0.4) is 0 Å². The Bertz CT molecular complexity index is 745. The van der Waals surface area contributed by atoms with E-state index in [1.807, 2.05) is 42.4 Å². The number of benzene rings is 1. The Labute approximate surface area is 147 Å². The van der Waals surface area contributed by atoms with Gasteiger partial charge in [0.2, 0.25) is 0 Å². The molecule has 0 radical (unpaired) electrons. The van der Waals surface area contributed by atoms with Gasteiger partial charge < -0.3 is 19.9 Å². The Balaban J connectivity index is 1.45. The zero-order valence-corrected chi connectivity index (χ0v) is 14.6. The molecule has 1 amide bonds. The molecule has 6 heteroatoms. The second kappa shape index (κ2) is 6.52. The van der Waals surface area contributed by atoms with Crippen molar-refractivity contribution in [2.24, 2.45) is 0 Å². The highest BCUT2D eigenvalue weighted by atomic mass is 16.5. The van der Waals surface area contributed by atoms with Crippen molar-refractivity contribution in [1.82, 2.24) is 14.9 Å². The summed E-state index contributed by atoms with van der Waals surface area (Å²) in [6, 6.07) is 7.45. The molecule has 0 aliphatic carbocycles. The molecule has 3 heterocycles. The van der Waals surface area contributed by atoms with E-state index in [9.17, 15) is 4.79 Å². The zero-order valence-electron chi connectivity index (χ0n) is 14.6. The number of H-pyrrole nitrogens is 1. The van der Waals surface area contributed by atoms with Gasteiger partial charge in [0.05, 0.1) is 19.5 Å². The van der Waals surface area contributed by atoms with Crippen LogP contribution in [0.15, 0.2) is 30.6 Å². The largest absolute Gasteiger partial charge is 0.494 e. The number of fused-ring (bicyclic) bond motifs is 2. The smallest absolute Gasteiger partial charge is 0.253 e. The normalized spacial score (nSPS) is 18.8. The predicted molar refractivity (Wildman–Crippen MR) is 93.5 cm³/mol. The maximum absolute atomic E-state index is 12.8. The van der Waals surface area contributed by atoms with Crippen LogP contribution < -0.4 is 10.1 Å². The Hall–Kier alpha value is -2.34. The van der Waals surface area contributed by atoms with Gasteiger partial charge in [-0.15, -0.1) is 0 Å². The number of hydrogen-bond donors (Lipinski definition) is 2. The molecule has 3 N–H and O–H groups in total. The average Bonchev–Trinajstić information content (AvgIpc) is 3.13. The molecule has 2 aliphatic rings. The van der Waals surface area contributed by atoms with E-state index >= 15 is 0 Å². The first-order valence-corrected chi connectivity index (χ1v) is 9.11. The number of hydrogen-bond acceptors (Lipinski definition) is 3. The van der Waals surface area contributed by atoms with Crippen LogP contribution in [-0.2, 0) is 12.0 Å². The number of nitrogens with one attached hydrogen (secondary N) is 1. The Kier molecular flexibility index (Phi) is 4.21. The second-order valence-electron chi connectivity index (χ2n) is 6.88. The molecule has 6 nitrogen and oxygen atoms in total. The van der Waals surface area contributed by atoms with Crippen LogP contribution in [0.1, 0.15) is 41.5 Å². The lowest BCUT2D eigenvalue weighted by molar-refractivity contribution is -0.743. The number of imidazole rings is 1. The van der Waals surface area contributed by atoms with Crippen LogP contribution in [0.4, 0.5) is 0 Å². The van der Waals surface area contributed by atoms with E-state index in [2.05, 4.69) is 15.3 Å². The van der Waals surface area contributed by atoms with Crippen molar-refractivity contribution in [2.45, 2.75) is 31.7 Å². The SMILES string of the molecule is CCOc1ccc(C(=O)N2CCC3(CC2)[NH2+]CCc2[nH]cnc23)cc1. The summed E-state index contributed by atoms with van der Waals surface area (Å²) < 4.78 is 5.45. The van der Waals surface area contributed by atoms with Crippen molar-refractivity contribution in [3.05, 3.63) is 47.5 Å². The lowest BCUT2D eigenvalue weighted by atomic mass is 9.80. The fraction of sp³-hybridized carbons (Fsp3) is 0.474. The van der Waals surface area contributed by atoms with E-state index in [0.29, 0.717) is 6.61 Å². The van der Waals surface area contributed by atoms with Crippen molar-refractivity contribution in [1.29, 1.82) is 0 Å². The summed E-state index contributed by atoms with van der Waals surface area (Å²) in [6.45, 7) is 5.22. The molecule has 1 spiro atoms. The maximum Gasteiger partial charge on any atom is 0.253 e. The predicted octanol–water partition coefficient (Wildman–Crippen LogP) is 1.06. The van der Waals surface area contributed by atoms with Gasteiger partial charge in [0.25, 0.3) is 5.91 Å². The molecule has 1 aromatic carbocycles. The monoisotopic (exact) mass is 341 g/mol. The topological polar surface area (TPSA) is 74.8 Å². The van der Waals surface area contributed by atoms with Crippen molar-refractivity contribution in [3.8, 4) is 5.75 Å². The number of carbonyl (C=O) groups is 1. The highest BCUT2D eigenvalue weighted by Crippen LogP contribution is 2.32. The summed E-state index contributed by atoms with van der Waals surface area (Å²) in [4.78, 5) is 22.6. The molecule has 0 saturated carbocycles. The summed E-state index contributed by atoms with van der Waals surface area (Å²) >= 11 is 0. The van der Waals surface area contributed by atoms with Crippen LogP contribution in [0.2, 0.25) is 0 Å². The number of carbonyl (C=O) groups excluding carboxylic acids is 1. The summed E-state index contributed by atoms with van der Waals surface area (Å²) in [5, 5.41) is 2.43. The Morgan fingerprint density at radius 2 is 2.08 bits per heavy atom. The summed E-state index contributed by atoms with van der Waals surface area (Å²) in [5.41, 5.74) is 3.25. The number of quaternary nitrogens is 1. The maximum atomic E-state index is 12.8. The van der Waals surface area contributed by atoms with Crippen molar-refractivity contribution in [2.75, 3.05) is 26.2 Å². The van der Waals surface area contributed by atoms with Crippen LogP contribution in [0.25, 0.3) is 0 Å². The molecule has 0 unspecified atom stereocenters. The third-order valence-corrected chi connectivity index (χ3v) is 5.47. The molecule has 4 rings (SSSR count). The van der Waals surface area contributed by atoms with Crippen molar-refractivity contribution >= 4 is 5.91 Å². The molecular weight excluding hydrogens is 316 g/mol. The molecule has 25 heavy (non-hydrogen) atoms. The van der Waals surface area contributed by atoms with Gasteiger partial charge >= 0.3 is 0 Å². The van der Waals surface area contributed by atoms with E-state index in [-0.39, 0.29) is 11.4 Å². The van der Waals surface area contributed by atoms with E-state index in [4.69, 9.17) is 4.74 Å². The minimum absolute atomic E-state index is 0.0448. The average molecular weight is 341 g/mol. The highest BCUT2D eigenvalue weighted by molar-refractivity contribution is 5.94. The number of nitrogens with two attached hydrogens (primary N) is 1. The quantitative estimate of drug-likeness (QED) is 0.877. The number of ether oxygens (including phenoxy) is 1. The van der Waals surface area contributed by atoms with E-state index in [1.54, 1.807) is 0 Å². The Morgan fingerprint density at radius 3 is 2.80 bits per heavy atom. The van der Waals surface area contributed by atoms with Gasteiger partial charge in [-0.2, -0.15) is 0 Å². The number of likely N-dealkylation sites (tertiary alicyclic amines) is 1. The first-order chi connectivity index (χ1) is 12.2. The van der Waals surface area contributed by atoms with Gasteiger partial charge in [0.15, 0.2) is 0 Å². The minimum atomic E-state index is 0.0448. The lowest BCUT2D eigenvalue weighted by Gasteiger charge is -2.41. The van der Waals surface area contributed by atoms with Crippen LogP contribution in [0, 0.1) is 0 Å². The molecule has 1 saturated heterocycles. The van der Waals surface area contributed by atoms with Gasteiger partial charge in [-0.25, -0.2) is 4.98 Å². The van der Waals surface area contributed by atoms with Gasteiger partial charge in [-0.3, -0.25) is 4.79 Å². The minimum Gasteiger partial charge on any atom is -0.494 e. The fourth-order valence-electron chi connectivity index (χ4n) is 4.12. The van der Waals surface area contributed by atoms with Crippen LogP contribution in [-0.4, -0.2) is 47.0 Å². The van der Waals surface area contributed by atoms with E-state index < -0.39 is 0 Å². The van der Waals surface area contributed by atoms with Crippen molar-refractivity contribution in [3.63, 3.8) is 0 Å². The molecular formula is C19H25N4O2+. The van der Waals surface area contributed by atoms with Gasteiger partial charge in [0, 0.05) is 43.6 Å². The molecule has 2 aliphatic heterocycles. The number of rotatable bonds is 3. The third-order valence-electron chi connectivity index (χ3n) is 5.47.